The van der Waals surface area contributed by atoms with E-state index in [1.54, 1.807) is 0 Å². The molecule has 0 radical (unpaired) electrons. The molecule has 0 aliphatic rings. The molecule has 3 aromatic carbocycles. The lowest BCUT2D eigenvalue weighted by molar-refractivity contribution is 0.102. The maximum absolute atomic E-state index is 12.6. The number of hydrogen-bond acceptors (Lipinski definition) is 3. The van der Waals surface area contributed by atoms with Crippen LogP contribution in [0.15, 0.2) is 71.1 Å². The summed E-state index contributed by atoms with van der Waals surface area (Å²) in [6.45, 7) is 10.9. The number of rotatable bonds is 5. The van der Waals surface area contributed by atoms with Gasteiger partial charge in [0.05, 0.1) is 0 Å². The molecule has 1 atom stereocenters. The van der Waals surface area contributed by atoms with Crippen LogP contribution in [-0.4, -0.2) is 10.9 Å². The van der Waals surface area contributed by atoms with E-state index in [0.717, 1.165) is 28.8 Å². The number of oxazole rings is 1. The molecule has 1 heterocycles. The molecule has 1 amide bonds. The Morgan fingerprint density at radius 3 is 2.31 bits per heavy atom. The predicted molar refractivity (Wildman–Crippen MR) is 131 cm³/mol. The molecule has 164 valence electrons. The van der Waals surface area contributed by atoms with Crippen LogP contribution in [0.4, 0.5) is 5.69 Å². The Morgan fingerprint density at radius 1 is 1.00 bits per heavy atom. The zero-order valence-corrected chi connectivity index (χ0v) is 19.4. The van der Waals surface area contributed by atoms with Gasteiger partial charge in [0, 0.05) is 16.8 Å². The number of benzene rings is 3. The zero-order chi connectivity index (χ0) is 22.9. The number of carbonyl (C=O) groups excluding carboxylic acids is 1. The molecule has 0 saturated carbocycles. The van der Waals surface area contributed by atoms with Gasteiger partial charge in [0.1, 0.15) is 5.52 Å². The summed E-state index contributed by atoms with van der Waals surface area (Å²) in [4.78, 5) is 17.3. The van der Waals surface area contributed by atoms with Crippen LogP contribution >= 0.6 is 0 Å². The van der Waals surface area contributed by atoms with Gasteiger partial charge < -0.3 is 9.73 Å². The van der Waals surface area contributed by atoms with Crippen LogP contribution in [0.5, 0.6) is 0 Å². The summed E-state index contributed by atoms with van der Waals surface area (Å²) in [6, 6.07) is 21.5. The molecule has 0 aliphatic heterocycles. The van der Waals surface area contributed by atoms with E-state index in [9.17, 15) is 4.79 Å². The van der Waals surface area contributed by atoms with Gasteiger partial charge in [-0.1, -0.05) is 52.8 Å². The molecule has 4 heteroatoms. The van der Waals surface area contributed by atoms with Gasteiger partial charge in [0.2, 0.25) is 5.89 Å². The molecule has 0 fully saturated rings. The van der Waals surface area contributed by atoms with Gasteiger partial charge in [-0.15, -0.1) is 0 Å². The Labute approximate surface area is 189 Å². The Morgan fingerprint density at radius 2 is 1.69 bits per heavy atom. The van der Waals surface area contributed by atoms with Crippen molar-refractivity contribution in [2.45, 2.75) is 52.4 Å². The lowest BCUT2D eigenvalue weighted by atomic mass is 9.87. The number of hydrogen-bond donors (Lipinski definition) is 1. The van der Waals surface area contributed by atoms with Crippen molar-refractivity contribution in [2.24, 2.45) is 0 Å². The number of nitrogens with zero attached hydrogens (tertiary/aromatic N) is 1. The first-order valence-electron chi connectivity index (χ1n) is 11.2. The summed E-state index contributed by atoms with van der Waals surface area (Å²) >= 11 is 0. The number of fused-ring (bicyclic) bond motifs is 1. The van der Waals surface area contributed by atoms with Crippen molar-refractivity contribution in [3.63, 3.8) is 0 Å². The van der Waals surface area contributed by atoms with E-state index < -0.39 is 0 Å². The van der Waals surface area contributed by atoms with Gasteiger partial charge in [-0.2, -0.15) is 0 Å². The Bertz CT molecular complexity index is 1230. The number of nitrogens with one attached hydrogen (secondary N) is 1. The lowest BCUT2D eigenvalue weighted by Crippen LogP contribution is -2.14. The highest BCUT2D eigenvalue weighted by molar-refractivity contribution is 6.04. The molecule has 0 unspecified atom stereocenters. The van der Waals surface area contributed by atoms with Gasteiger partial charge in [-0.05, 0) is 77.4 Å². The molecule has 1 aromatic heterocycles. The number of anilines is 1. The van der Waals surface area contributed by atoms with Crippen LogP contribution in [0, 0.1) is 0 Å². The molecular weight excluding hydrogens is 396 g/mol. The smallest absolute Gasteiger partial charge is 0.255 e. The fraction of sp³-hybridized carbons (Fsp3) is 0.286. The molecule has 0 aliphatic carbocycles. The largest absolute Gasteiger partial charge is 0.436 e. The van der Waals surface area contributed by atoms with Gasteiger partial charge in [0.15, 0.2) is 5.58 Å². The van der Waals surface area contributed by atoms with Crippen molar-refractivity contribution in [1.82, 2.24) is 4.98 Å². The summed E-state index contributed by atoms with van der Waals surface area (Å²) in [5.41, 5.74) is 6.43. The van der Waals surface area contributed by atoms with Gasteiger partial charge in [-0.25, -0.2) is 4.98 Å². The highest BCUT2D eigenvalue weighted by Crippen LogP contribution is 2.29. The summed E-state index contributed by atoms with van der Waals surface area (Å²) in [7, 11) is 0. The highest BCUT2D eigenvalue weighted by atomic mass is 16.3. The SMILES string of the molecule is CC[C@@H](C)c1ccc2oc(-c3ccc(NC(=O)c4ccc(C(C)(C)C)cc4)cc3)nc2c1. The fourth-order valence-corrected chi connectivity index (χ4v) is 3.63. The van der Waals surface area contributed by atoms with Crippen LogP contribution in [0.2, 0.25) is 0 Å². The second-order valence-corrected chi connectivity index (χ2v) is 9.41. The number of carbonyl (C=O) groups is 1. The van der Waals surface area contributed by atoms with Crippen LogP contribution in [0.25, 0.3) is 22.6 Å². The van der Waals surface area contributed by atoms with Gasteiger partial charge in [0.25, 0.3) is 5.91 Å². The third-order valence-electron chi connectivity index (χ3n) is 6.00. The molecular formula is C28H30N2O2. The second-order valence-electron chi connectivity index (χ2n) is 9.41. The minimum Gasteiger partial charge on any atom is -0.436 e. The van der Waals surface area contributed by atoms with Crippen LogP contribution in [0.1, 0.15) is 68.4 Å². The van der Waals surface area contributed by atoms with Crippen molar-refractivity contribution < 1.29 is 9.21 Å². The first kappa shape index (κ1) is 21.8. The van der Waals surface area contributed by atoms with Crippen molar-refractivity contribution in [2.75, 3.05) is 5.32 Å². The average Bonchev–Trinajstić information content (AvgIpc) is 3.22. The summed E-state index contributed by atoms with van der Waals surface area (Å²) in [5, 5.41) is 2.96. The summed E-state index contributed by atoms with van der Waals surface area (Å²) in [5.74, 6) is 0.946. The molecule has 1 N–H and O–H groups in total. The van der Waals surface area contributed by atoms with Crippen molar-refractivity contribution in [3.05, 3.63) is 83.4 Å². The fourth-order valence-electron chi connectivity index (χ4n) is 3.63. The van der Waals surface area contributed by atoms with Crippen molar-refractivity contribution in [1.29, 1.82) is 0 Å². The lowest BCUT2D eigenvalue weighted by Gasteiger charge is -2.19. The van der Waals surface area contributed by atoms with E-state index in [4.69, 9.17) is 4.42 Å². The molecule has 0 spiro atoms. The molecule has 4 rings (SSSR count). The minimum atomic E-state index is -0.127. The van der Waals surface area contributed by atoms with E-state index in [-0.39, 0.29) is 11.3 Å². The minimum absolute atomic E-state index is 0.0609. The number of amides is 1. The van der Waals surface area contributed by atoms with E-state index in [2.05, 4.69) is 57.1 Å². The maximum Gasteiger partial charge on any atom is 0.255 e. The van der Waals surface area contributed by atoms with E-state index >= 15 is 0 Å². The Kier molecular flexibility index (Phi) is 5.88. The van der Waals surface area contributed by atoms with Crippen LogP contribution in [-0.2, 0) is 5.41 Å². The summed E-state index contributed by atoms with van der Waals surface area (Å²) in [6.07, 6.45) is 1.09. The topological polar surface area (TPSA) is 55.1 Å². The first-order valence-corrected chi connectivity index (χ1v) is 11.2. The molecule has 4 nitrogen and oxygen atoms in total. The first-order chi connectivity index (χ1) is 15.2. The summed E-state index contributed by atoms with van der Waals surface area (Å²) < 4.78 is 5.95. The predicted octanol–water partition coefficient (Wildman–Crippen LogP) is 7.56. The third kappa shape index (κ3) is 4.59. The Balaban J connectivity index is 1.49. The molecule has 32 heavy (non-hydrogen) atoms. The van der Waals surface area contributed by atoms with Gasteiger partial charge in [-0.3, -0.25) is 4.79 Å². The monoisotopic (exact) mass is 426 g/mol. The van der Waals surface area contributed by atoms with Crippen LogP contribution in [0.3, 0.4) is 0 Å². The molecule has 4 aromatic rings. The molecule has 0 saturated heterocycles. The van der Waals surface area contributed by atoms with Crippen molar-refractivity contribution in [3.8, 4) is 11.5 Å². The maximum atomic E-state index is 12.6. The second kappa shape index (κ2) is 8.62. The van der Waals surface area contributed by atoms with E-state index in [1.165, 1.54) is 11.1 Å². The van der Waals surface area contributed by atoms with E-state index in [1.807, 2.05) is 54.6 Å². The Hall–Kier alpha value is -3.40. The van der Waals surface area contributed by atoms with Crippen LogP contribution < -0.4 is 5.32 Å². The quantitative estimate of drug-likeness (QED) is 0.358. The standard InChI is InChI=1S/C28H30N2O2/c1-6-18(2)21-11-16-25-24(17-21)30-27(32-25)20-9-14-23(15-10-20)29-26(31)19-7-12-22(13-8-19)28(3,4)5/h7-18H,6H2,1-5H3,(H,29,31)/t18-/m1/s1. The highest BCUT2D eigenvalue weighted by Gasteiger charge is 2.15. The third-order valence-corrected chi connectivity index (χ3v) is 6.00. The van der Waals surface area contributed by atoms with E-state index in [0.29, 0.717) is 17.4 Å². The zero-order valence-electron chi connectivity index (χ0n) is 19.4. The normalized spacial score (nSPS) is 12.7. The average molecular weight is 427 g/mol. The van der Waals surface area contributed by atoms with Crippen molar-refractivity contribution >= 4 is 22.7 Å². The van der Waals surface area contributed by atoms with Gasteiger partial charge >= 0.3 is 0 Å². The molecule has 0 bridgehead atoms. The number of aromatic nitrogens is 1.